The van der Waals surface area contributed by atoms with Crippen molar-refractivity contribution in [2.24, 2.45) is 0 Å². The number of aromatic nitrogens is 2. The third kappa shape index (κ3) is 4.12. The minimum absolute atomic E-state index is 0.0321. The Morgan fingerprint density at radius 2 is 2.00 bits per heavy atom. The molecule has 0 radical (unpaired) electrons. The van der Waals surface area contributed by atoms with E-state index in [9.17, 15) is 4.79 Å². The van der Waals surface area contributed by atoms with Gasteiger partial charge in [0.1, 0.15) is 5.01 Å². The number of amides is 2. The van der Waals surface area contributed by atoms with Crippen LogP contribution in [0.4, 0.5) is 9.93 Å². The van der Waals surface area contributed by atoms with E-state index in [2.05, 4.69) is 34.3 Å². The molecule has 4 rings (SSSR count). The summed E-state index contributed by atoms with van der Waals surface area (Å²) >= 11 is 1.52. The molecule has 3 atom stereocenters. The summed E-state index contributed by atoms with van der Waals surface area (Å²) in [7, 11) is 0. The number of morpholine rings is 1. The topological polar surface area (TPSA) is 70.6 Å². The molecule has 138 valence electrons. The minimum atomic E-state index is -0.0321. The molecule has 0 aromatic carbocycles. The highest BCUT2D eigenvalue weighted by Crippen LogP contribution is 2.42. The first-order chi connectivity index (χ1) is 12.1. The zero-order chi connectivity index (χ0) is 17.4. The lowest BCUT2D eigenvalue weighted by atomic mass is 10.1. The number of anilines is 1. The van der Waals surface area contributed by atoms with E-state index in [0.717, 1.165) is 44.0 Å². The van der Waals surface area contributed by atoms with Crippen LogP contribution in [0.15, 0.2) is 0 Å². The fourth-order valence-electron chi connectivity index (χ4n) is 3.97. The smallest absolute Gasteiger partial charge is 0.323 e. The highest BCUT2D eigenvalue weighted by atomic mass is 32.1. The van der Waals surface area contributed by atoms with E-state index in [4.69, 9.17) is 4.74 Å². The summed E-state index contributed by atoms with van der Waals surface area (Å²) in [4.78, 5) is 17.1. The molecule has 3 unspecified atom stereocenters. The van der Waals surface area contributed by atoms with Crippen LogP contribution in [0.1, 0.15) is 50.5 Å². The van der Waals surface area contributed by atoms with Crippen molar-refractivity contribution in [2.75, 3.05) is 31.5 Å². The summed E-state index contributed by atoms with van der Waals surface area (Å²) < 4.78 is 5.81. The second kappa shape index (κ2) is 7.17. The van der Waals surface area contributed by atoms with E-state index >= 15 is 0 Å². The zero-order valence-electron chi connectivity index (χ0n) is 15.0. The van der Waals surface area contributed by atoms with Crippen LogP contribution in [0.2, 0.25) is 0 Å². The van der Waals surface area contributed by atoms with Crippen LogP contribution in [0.3, 0.4) is 0 Å². The molecule has 2 amide bonds. The third-order valence-corrected chi connectivity index (χ3v) is 6.18. The number of rotatable bonds is 4. The summed E-state index contributed by atoms with van der Waals surface area (Å²) in [6, 6.07) is 0.240. The highest BCUT2D eigenvalue weighted by molar-refractivity contribution is 7.15. The van der Waals surface area contributed by atoms with Gasteiger partial charge in [-0.15, -0.1) is 10.2 Å². The molecular formula is C17H27N5O2S. The van der Waals surface area contributed by atoms with Gasteiger partial charge in [-0.25, -0.2) is 4.79 Å². The van der Waals surface area contributed by atoms with Gasteiger partial charge in [0.25, 0.3) is 0 Å². The largest absolute Gasteiger partial charge is 0.373 e. The van der Waals surface area contributed by atoms with Crippen LogP contribution in [0.5, 0.6) is 0 Å². The lowest BCUT2D eigenvalue weighted by molar-refractivity contribution is -0.0712. The predicted octanol–water partition coefficient (Wildman–Crippen LogP) is 2.52. The quantitative estimate of drug-likeness (QED) is 0.888. The Balaban J connectivity index is 1.34. The average Bonchev–Trinajstić information content (AvgIpc) is 3.12. The second-order valence-corrected chi connectivity index (χ2v) is 8.62. The van der Waals surface area contributed by atoms with Crippen molar-refractivity contribution >= 4 is 22.5 Å². The van der Waals surface area contributed by atoms with Crippen LogP contribution in [0, 0.1) is 0 Å². The van der Waals surface area contributed by atoms with Crippen LogP contribution in [0.25, 0.3) is 0 Å². The number of likely N-dealkylation sites (tertiary alicyclic amines) is 1. The average molecular weight is 366 g/mol. The Morgan fingerprint density at radius 1 is 1.24 bits per heavy atom. The lowest BCUT2D eigenvalue weighted by Gasteiger charge is -2.38. The molecule has 8 heteroatoms. The first kappa shape index (κ1) is 17.2. The van der Waals surface area contributed by atoms with Crippen LogP contribution < -0.4 is 5.32 Å². The van der Waals surface area contributed by atoms with E-state index in [-0.39, 0.29) is 24.3 Å². The van der Waals surface area contributed by atoms with Gasteiger partial charge >= 0.3 is 6.03 Å². The summed E-state index contributed by atoms with van der Waals surface area (Å²) in [5.74, 6) is 0.577. The molecule has 25 heavy (non-hydrogen) atoms. The maximum absolute atomic E-state index is 12.7. The van der Waals surface area contributed by atoms with Crippen molar-refractivity contribution in [3.63, 3.8) is 0 Å². The minimum Gasteiger partial charge on any atom is -0.373 e. The Kier molecular flexibility index (Phi) is 4.92. The Bertz CT molecular complexity index is 610. The maximum atomic E-state index is 12.7. The summed E-state index contributed by atoms with van der Waals surface area (Å²) in [6.45, 7) is 7.87. The van der Waals surface area contributed by atoms with E-state index in [0.29, 0.717) is 11.0 Å². The van der Waals surface area contributed by atoms with Crippen LogP contribution in [-0.2, 0) is 4.74 Å². The van der Waals surface area contributed by atoms with Gasteiger partial charge in [0, 0.05) is 38.1 Å². The number of carbonyl (C=O) groups is 1. The monoisotopic (exact) mass is 365 g/mol. The first-order valence-electron chi connectivity index (χ1n) is 9.37. The predicted molar refractivity (Wildman–Crippen MR) is 97.1 cm³/mol. The second-order valence-electron chi connectivity index (χ2n) is 7.62. The normalized spacial score (nSPS) is 30.6. The molecule has 7 nitrogen and oxygen atoms in total. The van der Waals surface area contributed by atoms with E-state index in [1.165, 1.54) is 24.2 Å². The number of urea groups is 1. The lowest BCUT2D eigenvalue weighted by Crippen LogP contribution is -2.51. The molecule has 3 fully saturated rings. The molecule has 3 aliphatic rings. The Morgan fingerprint density at radius 3 is 2.72 bits per heavy atom. The van der Waals surface area contributed by atoms with Crippen molar-refractivity contribution in [3.05, 3.63) is 5.01 Å². The van der Waals surface area contributed by atoms with Crippen LogP contribution in [-0.4, -0.2) is 70.5 Å². The van der Waals surface area contributed by atoms with Gasteiger partial charge < -0.3 is 9.64 Å². The molecule has 1 aromatic heterocycles. The molecule has 2 saturated heterocycles. The molecule has 1 saturated carbocycles. The number of nitrogens with one attached hydrogen (secondary N) is 1. The van der Waals surface area contributed by atoms with Gasteiger partial charge in [-0.1, -0.05) is 11.3 Å². The fourth-order valence-corrected chi connectivity index (χ4v) is 4.87. The summed E-state index contributed by atoms with van der Waals surface area (Å²) in [5.41, 5.74) is 0. The number of nitrogens with zero attached hydrogens (tertiary/aromatic N) is 4. The van der Waals surface area contributed by atoms with Gasteiger partial charge in [0.2, 0.25) is 5.13 Å². The van der Waals surface area contributed by atoms with Gasteiger partial charge in [-0.3, -0.25) is 10.2 Å². The van der Waals surface area contributed by atoms with Crippen LogP contribution >= 0.6 is 11.3 Å². The zero-order valence-corrected chi connectivity index (χ0v) is 15.8. The van der Waals surface area contributed by atoms with Gasteiger partial charge in [-0.2, -0.15) is 0 Å². The van der Waals surface area contributed by atoms with E-state index in [1.807, 2.05) is 4.90 Å². The number of hydrogen-bond donors (Lipinski definition) is 1. The molecule has 1 N–H and O–H groups in total. The fraction of sp³-hybridized carbons (Fsp3) is 0.824. The highest BCUT2D eigenvalue weighted by Gasteiger charge is 2.33. The molecule has 0 spiro atoms. The van der Waals surface area contributed by atoms with Gasteiger partial charge in [0.05, 0.1) is 12.2 Å². The number of hydrogen-bond acceptors (Lipinski definition) is 6. The maximum Gasteiger partial charge on any atom is 0.323 e. The van der Waals surface area contributed by atoms with Gasteiger partial charge in [0.15, 0.2) is 0 Å². The molecule has 2 aliphatic heterocycles. The van der Waals surface area contributed by atoms with Crippen molar-refractivity contribution in [1.82, 2.24) is 20.0 Å². The number of carbonyl (C=O) groups excluding carboxylic acids is 1. The third-order valence-electron chi connectivity index (χ3n) is 5.18. The van der Waals surface area contributed by atoms with Crippen molar-refractivity contribution in [2.45, 2.75) is 63.7 Å². The summed E-state index contributed by atoms with van der Waals surface area (Å²) in [6.07, 6.45) is 5.05. The number of ether oxygens (including phenoxy) is 1. The molecule has 1 aliphatic carbocycles. The van der Waals surface area contributed by atoms with Gasteiger partial charge in [-0.05, 0) is 39.5 Å². The van der Waals surface area contributed by atoms with Crippen molar-refractivity contribution in [3.8, 4) is 0 Å². The SMILES string of the molecule is CC1CN(CC2CCCN2C(=O)Nc2nnc(C3CC3)s2)CC(C)O1. The molecule has 3 heterocycles. The standard InChI is InChI=1S/C17H27N5O2S/c1-11-8-21(9-12(2)24-11)10-14-4-3-7-22(14)17(23)18-16-20-19-15(25-16)13-5-6-13/h11-14H,3-10H2,1-2H3,(H,18,20,23). The van der Waals surface area contributed by atoms with Crippen molar-refractivity contribution < 1.29 is 9.53 Å². The molecule has 1 aromatic rings. The Labute approximate surface area is 152 Å². The van der Waals surface area contributed by atoms with E-state index in [1.54, 1.807) is 0 Å². The molecule has 0 bridgehead atoms. The van der Waals surface area contributed by atoms with E-state index < -0.39 is 0 Å². The summed E-state index contributed by atoms with van der Waals surface area (Å²) in [5, 5.41) is 13.0. The Hall–Kier alpha value is -1.25. The molecular weight excluding hydrogens is 338 g/mol. The first-order valence-corrected chi connectivity index (χ1v) is 10.2. The van der Waals surface area contributed by atoms with Crippen molar-refractivity contribution in [1.29, 1.82) is 0 Å².